The van der Waals surface area contributed by atoms with Crippen LogP contribution in [0.1, 0.15) is 42.6 Å². The zero-order chi connectivity index (χ0) is 18.9. The number of hydrogen-bond acceptors (Lipinski definition) is 2. The lowest BCUT2D eigenvalue weighted by Gasteiger charge is -2.36. The largest absolute Gasteiger partial charge is 0.336 e. The summed E-state index contributed by atoms with van der Waals surface area (Å²) < 4.78 is 28.8. The summed E-state index contributed by atoms with van der Waals surface area (Å²) in [5.41, 5.74) is 1.92. The molecular weight excluding hydrogens is 362 g/mol. The molecule has 0 unspecified atom stereocenters. The molecule has 140 valence electrons. The van der Waals surface area contributed by atoms with Crippen LogP contribution in [0, 0.1) is 11.6 Å². The first kappa shape index (κ1) is 18.2. The van der Waals surface area contributed by atoms with Crippen LogP contribution in [0.3, 0.4) is 0 Å². The number of halogens is 2. The molecule has 1 aliphatic carbocycles. The molecule has 3 aromatic rings. The van der Waals surface area contributed by atoms with Gasteiger partial charge in [-0.15, -0.1) is 11.8 Å². The Balaban J connectivity index is 1.96. The molecule has 27 heavy (non-hydrogen) atoms. The molecule has 4 rings (SSSR count). The van der Waals surface area contributed by atoms with Gasteiger partial charge in [0.1, 0.15) is 22.2 Å². The van der Waals surface area contributed by atoms with Crippen molar-refractivity contribution in [2.45, 2.75) is 35.7 Å². The first-order valence-electron chi connectivity index (χ1n) is 9.27. The van der Waals surface area contributed by atoms with E-state index in [4.69, 9.17) is 0 Å². The number of benzene rings is 2. The first-order chi connectivity index (χ1) is 13.1. The molecule has 0 spiro atoms. The number of aryl methyl sites for hydroxylation is 1. The standard InChI is InChI=1S/C22H22F2N2S/c1-26-15-14-25-21(26)22(27-20-4-2-3-5-20,16-6-10-18(23)11-7-16)17-8-12-19(24)13-9-17/h6-15,20H,2-5H2,1H3. The van der Waals surface area contributed by atoms with Crippen molar-refractivity contribution in [3.8, 4) is 0 Å². The monoisotopic (exact) mass is 384 g/mol. The van der Waals surface area contributed by atoms with Crippen molar-refractivity contribution in [3.05, 3.63) is 89.5 Å². The van der Waals surface area contributed by atoms with Crippen LogP contribution in [-0.2, 0) is 11.8 Å². The topological polar surface area (TPSA) is 17.8 Å². The van der Waals surface area contributed by atoms with Gasteiger partial charge in [-0.1, -0.05) is 37.1 Å². The second-order valence-electron chi connectivity index (χ2n) is 7.08. The third-order valence-electron chi connectivity index (χ3n) is 5.28. The Morgan fingerprint density at radius 3 is 1.89 bits per heavy atom. The molecule has 1 saturated carbocycles. The molecule has 1 heterocycles. The maximum absolute atomic E-state index is 13.7. The molecule has 0 saturated heterocycles. The van der Waals surface area contributed by atoms with E-state index in [9.17, 15) is 8.78 Å². The summed E-state index contributed by atoms with van der Waals surface area (Å²) in [6.45, 7) is 0. The molecule has 1 aliphatic rings. The van der Waals surface area contributed by atoms with E-state index in [0.717, 1.165) is 29.8 Å². The fourth-order valence-corrected chi connectivity index (χ4v) is 5.86. The van der Waals surface area contributed by atoms with Gasteiger partial charge in [0.05, 0.1) is 0 Å². The normalized spacial score (nSPS) is 15.4. The van der Waals surface area contributed by atoms with Crippen LogP contribution in [0.4, 0.5) is 8.78 Å². The van der Waals surface area contributed by atoms with Crippen LogP contribution in [0.5, 0.6) is 0 Å². The lowest BCUT2D eigenvalue weighted by atomic mass is 9.89. The summed E-state index contributed by atoms with van der Waals surface area (Å²) in [4.78, 5) is 4.68. The number of nitrogens with zero attached hydrogens (tertiary/aromatic N) is 2. The molecule has 0 amide bonds. The Kier molecular flexibility index (Phi) is 5.04. The average Bonchev–Trinajstić information content (AvgIpc) is 3.33. The fraction of sp³-hybridized carbons (Fsp3) is 0.318. The van der Waals surface area contributed by atoms with Gasteiger partial charge in [0.25, 0.3) is 0 Å². The smallest absolute Gasteiger partial charge is 0.133 e. The van der Waals surface area contributed by atoms with Gasteiger partial charge in [-0.2, -0.15) is 0 Å². The fourth-order valence-electron chi connectivity index (χ4n) is 3.94. The van der Waals surface area contributed by atoms with Gasteiger partial charge in [0, 0.05) is 24.7 Å². The first-order valence-corrected chi connectivity index (χ1v) is 10.2. The van der Waals surface area contributed by atoms with Crippen LogP contribution in [0.25, 0.3) is 0 Å². The quantitative estimate of drug-likeness (QED) is 0.564. The highest BCUT2D eigenvalue weighted by atomic mass is 32.2. The lowest BCUT2D eigenvalue weighted by Crippen LogP contribution is -2.31. The van der Waals surface area contributed by atoms with Gasteiger partial charge in [0.15, 0.2) is 0 Å². The minimum Gasteiger partial charge on any atom is -0.336 e. The van der Waals surface area contributed by atoms with E-state index in [-0.39, 0.29) is 11.6 Å². The van der Waals surface area contributed by atoms with Gasteiger partial charge in [-0.3, -0.25) is 0 Å². The molecule has 2 aromatic carbocycles. The van der Waals surface area contributed by atoms with Gasteiger partial charge >= 0.3 is 0 Å². The Labute approximate surface area is 162 Å². The van der Waals surface area contributed by atoms with Crippen molar-refractivity contribution in [1.29, 1.82) is 0 Å². The maximum atomic E-state index is 13.7. The third-order valence-corrected chi connectivity index (χ3v) is 7.10. The molecule has 0 bridgehead atoms. The lowest BCUT2D eigenvalue weighted by molar-refractivity contribution is 0.623. The van der Waals surface area contributed by atoms with Gasteiger partial charge in [0.2, 0.25) is 0 Å². The summed E-state index contributed by atoms with van der Waals surface area (Å²) in [7, 11) is 1.97. The number of hydrogen-bond donors (Lipinski definition) is 0. The Morgan fingerprint density at radius 1 is 0.926 bits per heavy atom. The Morgan fingerprint density at radius 2 is 1.44 bits per heavy atom. The number of thioether (sulfide) groups is 1. The zero-order valence-corrected chi connectivity index (χ0v) is 16.1. The van der Waals surface area contributed by atoms with E-state index < -0.39 is 4.75 Å². The molecule has 0 atom stereocenters. The third kappa shape index (κ3) is 3.41. The van der Waals surface area contributed by atoms with Crippen LogP contribution in [0.15, 0.2) is 60.9 Å². The number of imidazole rings is 1. The SMILES string of the molecule is Cn1ccnc1C(SC1CCCC1)(c1ccc(F)cc1)c1ccc(F)cc1. The molecule has 2 nitrogen and oxygen atoms in total. The minimum absolute atomic E-state index is 0.266. The van der Waals surface area contributed by atoms with Gasteiger partial charge in [-0.25, -0.2) is 13.8 Å². The van der Waals surface area contributed by atoms with Crippen LogP contribution >= 0.6 is 11.8 Å². The van der Waals surface area contributed by atoms with Crippen molar-refractivity contribution in [3.63, 3.8) is 0 Å². The highest BCUT2D eigenvalue weighted by molar-refractivity contribution is 8.01. The average molecular weight is 384 g/mol. The Bertz CT molecular complexity index is 851. The van der Waals surface area contributed by atoms with Crippen LogP contribution < -0.4 is 0 Å². The van der Waals surface area contributed by atoms with Gasteiger partial charge in [-0.05, 0) is 48.2 Å². The highest BCUT2D eigenvalue weighted by Gasteiger charge is 2.43. The maximum Gasteiger partial charge on any atom is 0.133 e. The van der Waals surface area contributed by atoms with Crippen molar-refractivity contribution >= 4 is 11.8 Å². The summed E-state index contributed by atoms with van der Waals surface area (Å²) >= 11 is 1.86. The van der Waals surface area contributed by atoms with E-state index in [1.54, 1.807) is 6.20 Å². The molecule has 1 fully saturated rings. The number of rotatable bonds is 5. The van der Waals surface area contributed by atoms with Crippen molar-refractivity contribution < 1.29 is 8.78 Å². The molecule has 1 aromatic heterocycles. The summed E-state index contributed by atoms with van der Waals surface area (Å²) in [6, 6.07) is 13.3. The highest BCUT2D eigenvalue weighted by Crippen LogP contribution is 2.52. The second kappa shape index (κ2) is 7.47. The molecule has 0 radical (unpaired) electrons. The molecule has 0 aliphatic heterocycles. The zero-order valence-electron chi connectivity index (χ0n) is 15.2. The number of aromatic nitrogens is 2. The molecule has 0 N–H and O–H groups in total. The van der Waals surface area contributed by atoms with E-state index in [0.29, 0.717) is 5.25 Å². The predicted octanol–water partition coefficient (Wildman–Crippen LogP) is 5.67. The summed E-state index contributed by atoms with van der Waals surface area (Å²) in [5.74, 6) is 0.340. The predicted molar refractivity (Wildman–Crippen MR) is 106 cm³/mol. The summed E-state index contributed by atoms with van der Waals surface area (Å²) in [5, 5.41) is 0.483. The van der Waals surface area contributed by atoms with E-state index >= 15 is 0 Å². The summed E-state index contributed by atoms with van der Waals surface area (Å²) in [6.07, 6.45) is 8.46. The van der Waals surface area contributed by atoms with E-state index in [2.05, 4.69) is 4.98 Å². The van der Waals surface area contributed by atoms with E-state index in [1.165, 1.54) is 37.1 Å². The molecular formula is C22H22F2N2S. The van der Waals surface area contributed by atoms with Crippen molar-refractivity contribution in [1.82, 2.24) is 9.55 Å². The van der Waals surface area contributed by atoms with Crippen LogP contribution in [-0.4, -0.2) is 14.8 Å². The van der Waals surface area contributed by atoms with Crippen molar-refractivity contribution in [2.24, 2.45) is 7.05 Å². The van der Waals surface area contributed by atoms with E-state index in [1.807, 2.05) is 53.8 Å². The molecule has 5 heteroatoms. The van der Waals surface area contributed by atoms with Gasteiger partial charge < -0.3 is 4.57 Å². The van der Waals surface area contributed by atoms with Crippen LogP contribution in [0.2, 0.25) is 0 Å². The Hall–Kier alpha value is -2.14. The van der Waals surface area contributed by atoms with Crippen molar-refractivity contribution in [2.75, 3.05) is 0 Å². The minimum atomic E-state index is -0.616. The second-order valence-corrected chi connectivity index (χ2v) is 8.60.